The Morgan fingerprint density at radius 1 is 1.20 bits per heavy atom. The van der Waals surface area contributed by atoms with E-state index in [0.717, 1.165) is 18.8 Å². The Morgan fingerprint density at radius 2 is 1.88 bits per heavy atom. The highest BCUT2D eigenvalue weighted by Crippen LogP contribution is 2.21. The first-order valence-electron chi connectivity index (χ1n) is 8.32. The van der Waals surface area contributed by atoms with E-state index < -0.39 is 11.9 Å². The van der Waals surface area contributed by atoms with Crippen LogP contribution in [0, 0.1) is 11.3 Å². The molecule has 1 aromatic rings. The summed E-state index contributed by atoms with van der Waals surface area (Å²) < 4.78 is 0. The normalized spacial score (nSPS) is 14.5. The number of benzene rings is 1. The van der Waals surface area contributed by atoms with E-state index in [1.165, 1.54) is 31.1 Å². The van der Waals surface area contributed by atoms with Gasteiger partial charge in [0.2, 0.25) is 0 Å². The molecule has 0 aliphatic carbocycles. The van der Waals surface area contributed by atoms with Gasteiger partial charge < -0.3 is 20.6 Å². The molecular weight excluding hydrogens is 320 g/mol. The van der Waals surface area contributed by atoms with Crippen LogP contribution >= 0.6 is 0 Å². The van der Waals surface area contributed by atoms with Gasteiger partial charge in [-0.15, -0.1) is 0 Å². The van der Waals surface area contributed by atoms with Gasteiger partial charge in [0, 0.05) is 37.2 Å². The molecule has 0 saturated carbocycles. The summed E-state index contributed by atoms with van der Waals surface area (Å²) in [5, 5.41) is 22.9. The maximum absolute atomic E-state index is 11.8. The Bertz CT molecular complexity index is 671. The van der Waals surface area contributed by atoms with Gasteiger partial charge in [0.1, 0.15) is 11.6 Å². The van der Waals surface area contributed by atoms with Crippen LogP contribution < -0.4 is 15.5 Å². The minimum atomic E-state index is -1.00. The summed E-state index contributed by atoms with van der Waals surface area (Å²) in [6, 6.07) is 9.63. The first-order chi connectivity index (χ1) is 12.1. The van der Waals surface area contributed by atoms with Crippen molar-refractivity contribution in [2.75, 3.05) is 29.9 Å². The SMILES string of the molecule is N#C/C(=C/Nc1ccc(N2CCCCC2)cc1)C(=O)NCCC(=O)O. The lowest BCUT2D eigenvalue weighted by molar-refractivity contribution is -0.136. The molecule has 7 heteroatoms. The van der Waals surface area contributed by atoms with E-state index in [-0.39, 0.29) is 18.5 Å². The second-order valence-corrected chi connectivity index (χ2v) is 5.81. The smallest absolute Gasteiger partial charge is 0.305 e. The molecule has 1 heterocycles. The first kappa shape index (κ1) is 18.3. The van der Waals surface area contributed by atoms with Crippen molar-refractivity contribution < 1.29 is 14.7 Å². The Hall–Kier alpha value is -3.01. The van der Waals surface area contributed by atoms with Crippen LogP contribution in [-0.4, -0.2) is 36.6 Å². The van der Waals surface area contributed by atoms with Crippen LogP contribution in [0.3, 0.4) is 0 Å². The Labute approximate surface area is 146 Å². The maximum Gasteiger partial charge on any atom is 0.305 e. The highest BCUT2D eigenvalue weighted by Gasteiger charge is 2.11. The minimum Gasteiger partial charge on any atom is -0.481 e. The monoisotopic (exact) mass is 342 g/mol. The molecule has 1 aliphatic rings. The van der Waals surface area contributed by atoms with Crippen molar-refractivity contribution in [3.8, 4) is 6.07 Å². The lowest BCUT2D eigenvalue weighted by atomic mass is 10.1. The van der Waals surface area contributed by atoms with Gasteiger partial charge in [-0.05, 0) is 43.5 Å². The molecule has 25 heavy (non-hydrogen) atoms. The van der Waals surface area contributed by atoms with E-state index >= 15 is 0 Å². The lowest BCUT2D eigenvalue weighted by Gasteiger charge is -2.28. The summed E-state index contributed by atoms with van der Waals surface area (Å²) >= 11 is 0. The number of carboxylic acids is 1. The number of nitriles is 1. The molecular formula is C18H22N4O3. The number of nitrogens with one attached hydrogen (secondary N) is 2. The van der Waals surface area contributed by atoms with Gasteiger partial charge in [0.05, 0.1) is 6.42 Å². The number of anilines is 2. The average molecular weight is 342 g/mol. The van der Waals surface area contributed by atoms with E-state index in [0.29, 0.717) is 0 Å². The van der Waals surface area contributed by atoms with E-state index in [9.17, 15) is 9.59 Å². The quantitative estimate of drug-likeness (QED) is 0.517. The van der Waals surface area contributed by atoms with Gasteiger partial charge in [0.15, 0.2) is 0 Å². The van der Waals surface area contributed by atoms with Gasteiger partial charge in [-0.3, -0.25) is 9.59 Å². The molecule has 2 rings (SSSR count). The predicted octanol–water partition coefficient (Wildman–Crippen LogP) is 2.09. The van der Waals surface area contributed by atoms with Crippen LogP contribution in [0.15, 0.2) is 36.0 Å². The van der Waals surface area contributed by atoms with Crippen LogP contribution in [0.1, 0.15) is 25.7 Å². The molecule has 7 nitrogen and oxygen atoms in total. The molecule has 0 spiro atoms. The third-order valence-electron chi connectivity index (χ3n) is 3.96. The Balaban J connectivity index is 1.91. The third kappa shape index (κ3) is 5.84. The topological polar surface area (TPSA) is 105 Å². The van der Waals surface area contributed by atoms with E-state index in [1.54, 1.807) is 6.07 Å². The van der Waals surface area contributed by atoms with Crippen molar-refractivity contribution in [3.05, 3.63) is 36.0 Å². The van der Waals surface area contributed by atoms with Gasteiger partial charge >= 0.3 is 5.97 Å². The fourth-order valence-electron chi connectivity index (χ4n) is 2.60. The number of nitrogens with zero attached hydrogens (tertiary/aromatic N) is 2. The molecule has 1 amide bonds. The van der Waals surface area contributed by atoms with Crippen molar-refractivity contribution in [3.63, 3.8) is 0 Å². The number of rotatable bonds is 7. The summed E-state index contributed by atoms with van der Waals surface area (Å²) in [6.45, 7) is 2.13. The molecule has 1 saturated heterocycles. The average Bonchev–Trinajstić information content (AvgIpc) is 2.63. The molecule has 0 atom stereocenters. The second-order valence-electron chi connectivity index (χ2n) is 5.81. The van der Waals surface area contributed by atoms with E-state index in [4.69, 9.17) is 10.4 Å². The van der Waals surface area contributed by atoms with Crippen molar-refractivity contribution in [1.29, 1.82) is 5.26 Å². The lowest BCUT2D eigenvalue weighted by Crippen LogP contribution is -2.29. The van der Waals surface area contributed by atoms with Crippen molar-refractivity contribution in [2.24, 2.45) is 0 Å². The van der Waals surface area contributed by atoms with Gasteiger partial charge in [-0.2, -0.15) is 5.26 Å². The summed E-state index contributed by atoms with van der Waals surface area (Å²) in [4.78, 5) is 24.6. The molecule has 0 bridgehead atoms. The number of carbonyl (C=O) groups is 2. The zero-order chi connectivity index (χ0) is 18.1. The highest BCUT2D eigenvalue weighted by molar-refractivity contribution is 5.97. The number of hydrogen-bond donors (Lipinski definition) is 3. The highest BCUT2D eigenvalue weighted by atomic mass is 16.4. The summed E-state index contributed by atoms with van der Waals surface area (Å²) in [5.41, 5.74) is 1.83. The molecule has 3 N–H and O–H groups in total. The van der Waals surface area contributed by atoms with Crippen molar-refractivity contribution in [1.82, 2.24) is 5.32 Å². The fraction of sp³-hybridized carbons (Fsp3) is 0.389. The molecule has 0 radical (unpaired) electrons. The number of piperidine rings is 1. The van der Waals surface area contributed by atoms with Crippen LogP contribution in [-0.2, 0) is 9.59 Å². The second kappa shape index (κ2) is 9.33. The standard InChI is InChI=1S/C18H22N4O3/c19-12-14(18(25)20-9-8-17(23)24)13-21-15-4-6-16(7-5-15)22-10-2-1-3-11-22/h4-7,13,21H,1-3,8-11H2,(H,20,25)(H,23,24)/b14-13-. The Morgan fingerprint density at radius 3 is 2.48 bits per heavy atom. The third-order valence-corrected chi connectivity index (χ3v) is 3.96. The van der Waals surface area contributed by atoms with Gasteiger partial charge in [-0.25, -0.2) is 0 Å². The van der Waals surface area contributed by atoms with E-state index in [2.05, 4.69) is 15.5 Å². The molecule has 0 unspecified atom stereocenters. The molecule has 0 aromatic heterocycles. The molecule has 1 aromatic carbocycles. The molecule has 1 fully saturated rings. The minimum absolute atomic E-state index is 0.0162. The summed E-state index contributed by atoms with van der Waals surface area (Å²) in [6.07, 6.45) is 4.85. The number of carboxylic acid groups (broad SMARTS) is 1. The zero-order valence-electron chi connectivity index (χ0n) is 14.0. The van der Waals surface area contributed by atoms with Crippen molar-refractivity contribution in [2.45, 2.75) is 25.7 Å². The molecule has 1 aliphatic heterocycles. The van der Waals surface area contributed by atoms with Crippen LogP contribution in [0.2, 0.25) is 0 Å². The summed E-state index contributed by atoms with van der Waals surface area (Å²) in [7, 11) is 0. The maximum atomic E-state index is 11.8. The number of aliphatic carboxylic acids is 1. The first-order valence-corrected chi connectivity index (χ1v) is 8.32. The van der Waals surface area contributed by atoms with E-state index in [1.807, 2.05) is 24.3 Å². The summed E-state index contributed by atoms with van der Waals surface area (Å²) in [5.74, 6) is -1.60. The van der Waals surface area contributed by atoms with Crippen LogP contribution in [0.25, 0.3) is 0 Å². The fourth-order valence-corrected chi connectivity index (χ4v) is 2.60. The number of amides is 1. The van der Waals surface area contributed by atoms with Gasteiger partial charge in [0.25, 0.3) is 5.91 Å². The number of hydrogen-bond acceptors (Lipinski definition) is 5. The van der Waals surface area contributed by atoms with Crippen molar-refractivity contribution >= 4 is 23.3 Å². The number of carbonyl (C=O) groups excluding carboxylic acids is 1. The van der Waals surface area contributed by atoms with Crippen LogP contribution in [0.4, 0.5) is 11.4 Å². The van der Waals surface area contributed by atoms with Crippen LogP contribution in [0.5, 0.6) is 0 Å². The Kier molecular flexibility index (Phi) is 6.84. The zero-order valence-corrected chi connectivity index (χ0v) is 14.0. The molecule has 132 valence electrons. The largest absolute Gasteiger partial charge is 0.481 e. The van der Waals surface area contributed by atoms with Gasteiger partial charge in [-0.1, -0.05) is 0 Å². The predicted molar refractivity (Wildman–Crippen MR) is 95.1 cm³/mol.